The maximum Gasteiger partial charge on any atom is 0.160 e. The van der Waals surface area contributed by atoms with Crippen LogP contribution >= 0.6 is 0 Å². The lowest BCUT2D eigenvalue weighted by Crippen LogP contribution is -1.98. The zero-order chi connectivity index (χ0) is 31.2. The van der Waals surface area contributed by atoms with Crippen LogP contribution < -0.4 is 0 Å². The van der Waals surface area contributed by atoms with E-state index in [1.807, 2.05) is 36.4 Å². The maximum atomic E-state index is 5.37. The highest BCUT2D eigenvalue weighted by Crippen LogP contribution is 2.41. The average molecular weight is 601 g/mol. The summed E-state index contributed by atoms with van der Waals surface area (Å²) in [4.78, 5) is 15.5. The Morgan fingerprint density at radius 1 is 0.404 bits per heavy atom. The van der Waals surface area contributed by atoms with Crippen LogP contribution in [0.25, 0.3) is 83.6 Å². The van der Waals surface area contributed by atoms with Gasteiger partial charge in [0.15, 0.2) is 5.82 Å². The zero-order valence-corrected chi connectivity index (χ0v) is 25.5. The van der Waals surface area contributed by atoms with Gasteiger partial charge in [-0.1, -0.05) is 133 Å². The summed E-state index contributed by atoms with van der Waals surface area (Å²) >= 11 is 0. The lowest BCUT2D eigenvalue weighted by Gasteiger charge is -2.14. The van der Waals surface area contributed by atoms with Gasteiger partial charge in [-0.25, -0.2) is 15.0 Å². The lowest BCUT2D eigenvalue weighted by atomic mass is 10.00. The summed E-state index contributed by atoms with van der Waals surface area (Å²) in [6.45, 7) is 0. The molecule has 220 valence electrons. The zero-order valence-electron chi connectivity index (χ0n) is 25.5. The van der Waals surface area contributed by atoms with Gasteiger partial charge in [0.1, 0.15) is 0 Å². The van der Waals surface area contributed by atoms with E-state index in [2.05, 4.69) is 138 Å². The van der Waals surface area contributed by atoms with Gasteiger partial charge in [-0.2, -0.15) is 0 Å². The number of benzene rings is 6. The van der Waals surface area contributed by atoms with Crippen LogP contribution in [0.15, 0.2) is 170 Å². The molecule has 47 heavy (non-hydrogen) atoms. The van der Waals surface area contributed by atoms with Crippen LogP contribution in [0.1, 0.15) is 0 Å². The van der Waals surface area contributed by atoms with Crippen LogP contribution in [0.3, 0.4) is 0 Å². The second kappa shape index (κ2) is 11.2. The van der Waals surface area contributed by atoms with Gasteiger partial charge in [0.2, 0.25) is 0 Å². The van der Waals surface area contributed by atoms with Crippen molar-refractivity contribution in [2.75, 3.05) is 0 Å². The Hall–Kier alpha value is -6.39. The standard InChI is InChI=1S/C43H28N4/c1-4-15-29(16-5-1)37-28-38(46-43(45-37)30-17-6-2-7-18-30)31-19-14-20-32(27-31)41-42-40(34-23-10-12-25-36(34)44-41)35-24-11-13-26-39(35)47(42)33-21-8-3-9-22-33/h1-28H. The van der Waals surface area contributed by atoms with E-state index in [0.29, 0.717) is 5.82 Å². The number of hydrogen-bond donors (Lipinski definition) is 0. The molecule has 0 radical (unpaired) electrons. The summed E-state index contributed by atoms with van der Waals surface area (Å²) in [7, 11) is 0. The molecule has 0 aliphatic carbocycles. The maximum absolute atomic E-state index is 5.37. The number of aromatic nitrogens is 4. The molecule has 9 aromatic rings. The van der Waals surface area contributed by atoms with Crippen molar-refractivity contribution in [3.05, 3.63) is 170 Å². The van der Waals surface area contributed by atoms with Crippen molar-refractivity contribution in [1.82, 2.24) is 19.5 Å². The third kappa shape index (κ3) is 4.66. The Kier molecular flexibility index (Phi) is 6.43. The van der Waals surface area contributed by atoms with Gasteiger partial charge in [0, 0.05) is 44.1 Å². The Morgan fingerprint density at radius 3 is 1.74 bits per heavy atom. The molecule has 0 atom stereocenters. The first-order valence-electron chi connectivity index (χ1n) is 15.8. The fourth-order valence-electron chi connectivity index (χ4n) is 6.63. The predicted octanol–water partition coefficient (Wildman–Crippen LogP) is 10.8. The monoisotopic (exact) mass is 600 g/mol. The summed E-state index contributed by atoms with van der Waals surface area (Å²) in [6, 6.07) is 58.9. The minimum atomic E-state index is 0.697. The topological polar surface area (TPSA) is 43.6 Å². The average Bonchev–Trinajstić information content (AvgIpc) is 3.51. The summed E-state index contributed by atoms with van der Waals surface area (Å²) in [5, 5.41) is 3.55. The van der Waals surface area contributed by atoms with E-state index in [1.165, 1.54) is 10.8 Å². The Bertz CT molecular complexity index is 2500. The highest BCUT2D eigenvalue weighted by Gasteiger charge is 2.21. The number of nitrogens with zero attached hydrogens (tertiary/aromatic N) is 4. The fourth-order valence-corrected chi connectivity index (χ4v) is 6.63. The van der Waals surface area contributed by atoms with E-state index in [-0.39, 0.29) is 0 Å². The third-order valence-electron chi connectivity index (χ3n) is 8.78. The predicted molar refractivity (Wildman–Crippen MR) is 193 cm³/mol. The summed E-state index contributed by atoms with van der Waals surface area (Å²) < 4.78 is 2.36. The number of rotatable bonds is 5. The van der Waals surface area contributed by atoms with Crippen molar-refractivity contribution in [2.24, 2.45) is 0 Å². The molecule has 4 nitrogen and oxygen atoms in total. The highest BCUT2D eigenvalue weighted by molar-refractivity contribution is 6.23. The Labute approximate surface area is 272 Å². The van der Waals surface area contributed by atoms with Crippen LogP contribution in [0.5, 0.6) is 0 Å². The van der Waals surface area contributed by atoms with Gasteiger partial charge in [0.25, 0.3) is 0 Å². The van der Waals surface area contributed by atoms with E-state index in [0.717, 1.165) is 67.0 Å². The molecule has 3 aromatic heterocycles. The van der Waals surface area contributed by atoms with Crippen molar-refractivity contribution in [3.63, 3.8) is 0 Å². The van der Waals surface area contributed by atoms with Gasteiger partial charge in [-0.3, -0.25) is 0 Å². The smallest absolute Gasteiger partial charge is 0.160 e. The molecular formula is C43H28N4. The van der Waals surface area contributed by atoms with Crippen LogP contribution in [0, 0.1) is 0 Å². The SMILES string of the molecule is c1ccc(-c2cc(-c3cccc(-c4nc5ccccc5c5c6ccccc6n(-c6ccccc6)c45)c3)nc(-c3ccccc3)n2)cc1. The molecule has 0 aliphatic heterocycles. The normalized spacial score (nSPS) is 11.4. The van der Waals surface area contributed by atoms with E-state index < -0.39 is 0 Å². The van der Waals surface area contributed by atoms with Crippen LogP contribution in [-0.4, -0.2) is 19.5 Å². The van der Waals surface area contributed by atoms with Gasteiger partial charge < -0.3 is 4.57 Å². The summed E-state index contributed by atoms with van der Waals surface area (Å²) in [5.41, 5.74) is 11.1. The lowest BCUT2D eigenvalue weighted by molar-refractivity contribution is 1.17. The second-order valence-electron chi connectivity index (χ2n) is 11.7. The van der Waals surface area contributed by atoms with Gasteiger partial charge in [-0.15, -0.1) is 0 Å². The molecule has 0 amide bonds. The van der Waals surface area contributed by atoms with Crippen molar-refractivity contribution < 1.29 is 0 Å². The van der Waals surface area contributed by atoms with Crippen molar-refractivity contribution in [2.45, 2.75) is 0 Å². The van der Waals surface area contributed by atoms with Gasteiger partial charge >= 0.3 is 0 Å². The molecule has 0 saturated heterocycles. The summed E-state index contributed by atoms with van der Waals surface area (Å²) in [5.74, 6) is 0.697. The molecule has 9 rings (SSSR count). The number of hydrogen-bond acceptors (Lipinski definition) is 3. The number of para-hydroxylation sites is 3. The second-order valence-corrected chi connectivity index (χ2v) is 11.7. The molecule has 0 fully saturated rings. The minimum Gasteiger partial charge on any atom is -0.307 e. The molecule has 6 aromatic carbocycles. The highest BCUT2D eigenvalue weighted by atomic mass is 15.0. The molecule has 0 aliphatic rings. The van der Waals surface area contributed by atoms with Crippen molar-refractivity contribution >= 4 is 32.7 Å². The molecule has 4 heteroatoms. The molecule has 0 unspecified atom stereocenters. The van der Waals surface area contributed by atoms with Crippen molar-refractivity contribution in [1.29, 1.82) is 0 Å². The number of fused-ring (bicyclic) bond motifs is 5. The van der Waals surface area contributed by atoms with E-state index in [1.54, 1.807) is 0 Å². The van der Waals surface area contributed by atoms with Crippen molar-refractivity contribution in [3.8, 4) is 50.8 Å². The Balaban J connectivity index is 1.32. The molecule has 0 saturated carbocycles. The fraction of sp³-hybridized carbons (Fsp3) is 0. The van der Waals surface area contributed by atoms with Gasteiger partial charge in [0.05, 0.1) is 33.6 Å². The van der Waals surface area contributed by atoms with E-state index >= 15 is 0 Å². The summed E-state index contributed by atoms with van der Waals surface area (Å²) in [6.07, 6.45) is 0. The quantitative estimate of drug-likeness (QED) is 0.197. The van der Waals surface area contributed by atoms with E-state index in [4.69, 9.17) is 15.0 Å². The molecule has 3 heterocycles. The Morgan fingerprint density at radius 2 is 0.979 bits per heavy atom. The number of pyridine rings is 1. The minimum absolute atomic E-state index is 0.697. The first kappa shape index (κ1) is 27.0. The molecule has 0 bridgehead atoms. The molecular weight excluding hydrogens is 573 g/mol. The van der Waals surface area contributed by atoms with Crippen LogP contribution in [0.2, 0.25) is 0 Å². The molecule has 0 spiro atoms. The van der Waals surface area contributed by atoms with Crippen LogP contribution in [0.4, 0.5) is 0 Å². The molecule has 0 N–H and O–H groups in total. The first-order chi connectivity index (χ1) is 23.3. The van der Waals surface area contributed by atoms with Crippen LogP contribution in [-0.2, 0) is 0 Å². The first-order valence-corrected chi connectivity index (χ1v) is 15.8. The largest absolute Gasteiger partial charge is 0.307 e. The van der Waals surface area contributed by atoms with Gasteiger partial charge in [-0.05, 0) is 36.4 Å². The third-order valence-corrected chi connectivity index (χ3v) is 8.78. The van der Waals surface area contributed by atoms with E-state index in [9.17, 15) is 0 Å².